The van der Waals surface area contributed by atoms with Crippen molar-refractivity contribution >= 4 is 108 Å². The maximum absolute atomic E-state index is 9.10. The highest BCUT2D eigenvalue weighted by atomic mass is 28.3. The van der Waals surface area contributed by atoms with Gasteiger partial charge in [0, 0.05) is 118 Å². The third-order valence-corrected chi connectivity index (χ3v) is 56.7. The molecule has 1 aliphatic carbocycles. The van der Waals surface area contributed by atoms with Crippen LogP contribution in [0.3, 0.4) is 0 Å². The Bertz CT molecular complexity index is 9200. The van der Waals surface area contributed by atoms with Gasteiger partial charge >= 0.3 is 0 Å². The summed E-state index contributed by atoms with van der Waals surface area (Å²) in [7, 11) is -5.54. The first kappa shape index (κ1) is 70.4. The van der Waals surface area contributed by atoms with Crippen molar-refractivity contribution in [3.05, 3.63) is 420 Å². The summed E-state index contributed by atoms with van der Waals surface area (Å²) < 4.78 is 217. The van der Waals surface area contributed by atoms with Gasteiger partial charge in [-0.3, -0.25) is 0 Å². The van der Waals surface area contributed by atoms with Gasteiger partial charge in [-0.1, -0.05) is 359 Å². The Morgan fingerprint density at radius 3 is 1.07 bits per heavy atom. The van der Waals surface area contributed by atoms with E-state index in [1.165, 1.54) is 131 Å². The Hall–Kier alpha value is -13.3. The third-order valence-electron chi connectivity index (χ3n) is 33.4. The van der Waals surface area contributed by atoms with Gasteiger partial charge in [-0.15, -0.1) is 0 Å². The molecule has 18 aromatic rings. The van der Waals surface area contributed by atoms with Crippen LogP contribution >= 0.6 is 0 Å². The lowest BCUT2D eigenvalue weighted by atomic mass is 9.90. The second kappa shape index (κ2) is 35.6. The maximum atomic E-state index is 9.10. The number of aryl methyl sites for hydroxylation is 14. The fourth-order valence-corrected chi connectivity index (χ4v) is 50.9. The summed E-state index contributed by atoms with van der Waals surface area (Å²) in [6.07, 6.45) is 16.1. The number of nitrogens with zero attached hydrogens (tertiary/aromatic N) is 5. The molecule has 5 nitrogen and oxygen atoms in total. The van der Waals surface area contributed by atoms with Crippen LogP contribution in [0.4, 0.5) is 0 Å². The van der Waals surface area contributed by atoms with E-state index in [4.69, 9.17) is 32.9 Å². The van der Waals surface area contributed by atoms with E-state index in [0.29, 0.717) is 49.6 Å². The van der Waals surface area contributed by atoms with Gasteiger partial charge < -0.3 is 0 Å². The molecule has 708 valence electrons. The summed E-state index contributed by atoms with van der Waals surface area (Å²) in [6, 6.07) is 110. The fourth-order valence-electron chi connectivity index (χ4n) is 26.8. The third kappa shape index (κ3) is 14.0. The standard InChI is InChI=1S/C28H26NSi.C28H28NSi.C27H32NSi.C27H26NSi.C23H24NSi/c1-19-16-17-22-21-13-8-9-15-24(21)30(20-11-6-5-7-12-20)27(22)25(19)26-23(28(30,2)3)14-10-18-29(26)4;1-19-17-21(3)27(29(4)18-19)26-20(2)15-16-24-23-13-9-10-14-25(23)30(5,28(24)26)22-11-7-6-8-12-22;2*1-19-16-17-23-22-14-8-9-15-24(22)29(4,21-12-6-5-7-13-21)27(23)25(19)26-20(2)11-10-18-28(26)3;1-15-12-13-17-16-9-6-7-11-19(16)25(5)22(17)20(15)21-18(23(25,2)3)10-8-14-24(21)4/h5-18H,1-4H3;6-18H,1-5H3;8-11,14-18,21H,5-7,12-13H2,1-4H3;5-18H,1-4H3;6-14H,1-5H3/q5*+1/i2D3,3D3;1D3,3D2;2*2D2;2D3,3D3,5D3. The summed E-state index contributed by atoms with van der Waals surface area (Å²) in [5, 5.41) is 9.98. The van der Waals surface area contributed by atoms with E-state index >= 15 is 0 Å². The number of hydrogen-bond acceptors (Lipinski definition) is 0. The Balaban J connectivity index is 0.000000115. The van der Waals surface area contributed by atoms with Crippen molar-refractivity contribution in [3.8, 4) is 112 Å². The summed E-state index contributed by atoms with van der Waals surface area (Å²) >= 11 is 0. The Labute approximate surface area is 888 Å². The van der Waals surface area contributed by atoms with Crippen LogP contribution in [0, 0.1) is 62.1 Å². The molecule has 0 radical (unpaired) electrons. The van der Waals surface area contributed by atoms with Crippen molar-refractivity contribution in [1.82, 2.24) is 0 Å². The molecule has 8 aliphatic rings. The first-order chi connectivity index (χ1) is 79.1. The van der Waals surface area contributed by atoms with Crippen LogP contribution in [0.15, 0.2) is 359 Å². The molecule has 12 heterocycles. The lowest BCUT2D eigenvalue weighted by Gasteiger charge is -2.48. The number of rotatable bonds is 7. The van der Waals surface area contributed by atoms with Crippen molar-refractivity contribution in [2.75, 3.05) is 0 Å². The van der Waals surface area contributed by atoms with Gasteiger partial charge in [-0.05, 0) is 254 Å². The lowest BCUT2D eigenvalue weighted by molar-refractivity contribution is -0.661. The van der Waals surface area contributed by atoms with Crippen LogP contribution in [0.25, 0.3) is 112 Å². The predicted molar refractivity (Wildman–Crippen MR) is 615 cm³/mol. The second-order valence-corrected chi connectivity index (χ2v) is 60.4. The Morgan fingerprint density at radius 2 is 0.622 bits per heavy atom. The molecule has 1 saturated carbocycles. The molecule has 13 aromatic carbocycles. The number of pyridine rings is 5. The quantitative estimate of drug-likeness (QED) is 0.112. The molecule has 5 unspecified atom stereocenters. The van der Waals surface area contributed by atoms with Gasteiger partial charge in [0.25, 0.3) is 0 Å². The van der Waals surface area contributed by atoms with E-state index in [0.717, 1.165) is 88.3 Å². The van der Waals surface area contributed by atoms with Crippen LogP contribution in [0.1, 0.15) is 154 Å². The van der Waals surface area contributed by atoms with Crippen LogP contribution in [0.5, 0.6) is 0 Å². The summed E-state index contributed by atoms with van der Waals surface area (Å²) in [5.74, 6) is 0. The fraction of sp³-hybridized carbons (Fsp3) is 0.226. The SMILES string of the molecule is [2H]C([2H])([2H])C1(C([2H])([2H])[2H])c2ccc[n+](C)c2-c2c(C)ccc3c2[Si]1(C([2H])([2H])[2H])c1ccccc1-3.[2H]C([2H])([2H])C1(C([2H])([2H])[2H])c2ccc[n+](C)c2-c2c(C)ccc3c2[Si]1(c1ccccc1)c1ccccc1-3.[2H]C([2H])c1cc(C([2H])([2H])[2H])c[n+](C)c1-c1c(C)ccc2c1[Si](C)(c1ccccc1)c1ccccc1-2.[2H]C([2H])c1ccc[n+](C)c1-c1c(C)ccc2c1[Si](C)(C1CCCCC1)c1ccccc1-2.[2H]C([2H])c1ccc[n+](C)c1-c1c(C)ccc2c1[Si](C)(c1ccccc1)c1ccccc1-2. The molecule has 10 heteroatoms. The monoisotopic (exact) mass is 1970 g/mol. The molecule has 26 rings (SSSR count). The van der Waals surface area contributed by atoms with Gasteiger partial charge in [-0.25, -0.2) is 22.8 Å². The number of hydrogen-bond donors (Lipinski definition) is 0. The molecule has 7 aliphatic heterocycles. The smallest absolute Gasteiger partial charge is 0.201 e. The number of benzene rings is 13. The van der Waals surface area contributed by atoms with Gasteiger partial charge in [0.1, 0.15) is 67.5 Å². The van der Waals surface area contributed by atoms with E-state index in [1.807, 2.05) is 154 Å². The molecule has 1 fully saturated rings. The van der Waals surface area contributed by atoms with Crippen LogP contribution in [-0.4, -0.2) is 40.4 Å². The van der Waals surface area contributed by atoms with E-state index in [-0.39, 0.29) is 11.1 Å². The summed E-state index contributed by atoms with van der Waals surface area (Å²) in [6.45, 7) is -2.60. The van der Waals surface area contributed by atoms with Crippen LogP contribution in [0.2, 0.25) is 31.7 Å². The molecule has 5 atom stereocenters. The highest BCUT2D eigenvalue weighted by Gasteiger charge is 2.64. The minimum atomic E-state index is -4.60. The molecule has 0 bridgehead atoms. The van der Waals surface area contributed by atoms with Crippen molar-refractivity contribution in [2.24, 2.45) is 35.2 Å². The van der Waals surface area contributed by atoms with Crippen molar-refractivity contribution in [2.45, 2.75) is 163 Å². The molecule has 0 saturated heterocycles. The lowest BCUT2D eigenvalue weighted by Crippen LogP contribution is -2.77. The van der Waals surface area contributed by atoms with Crippen molar-refractivity contribution < 1.29 is 55.7 Å². The van der Waals surface area contributed by atoms with Crippen molar-refractivity contribution in [3.63, 3.8) is 0 Å². The van der Waals surface area contributed by atoms with Gasteiger partial charge in [0.05, 0.1) is 5.56 Å². The first-order valence-electron chi connectivity index (χ1n) is 62.4. The van der Waals surface area contributed by atoms with Gasteiger partial charge in [0.15, 0.2) is 39.1 Å². The number of fused-ring (bicyclic) bond motifs is 19. The number of aromatic nitrogens is 5. The van der Waals surface area contributed by atoms with Crippen LogP contribution < -0.4 is 90.3 Å². The molecule has 5 aromatic heterocycles. The van der Waals surface area contributed by atoms with E-state index in [1.54, 1.807) is 76.8 Å². The maximum Gasteiger partial charge on any atom is 0.215 e. The normalized spacial score (nSPS) is 22.3. The van der Waals surface area contributed by atoms with E-state index in [9.17, 15) is 0 Å². The molecule has 143 heavy (non-hydrogen) atoms. The molecule has 0 spiro atoms. The largest absolute Gasteiger partial charge is 0.215 e. The first-order valence-corrected chi connectivity index (χ1v) is 61.6. The Kier molecular flexibility index (Phi) is 17.5. The van der Waals surface area contributed by atoms with Crippen LogP contribution in [-0.2, 0) is 45.3 Å². The van der Waals surface area contributed by atoms with E-state index in [2.05, 4.69) is 239 Å². The average molecular weight is 1970 g/mol. The van der Waals surface area contributed by atoms with E-state index < -0.39 is 112 Å². The topological polar surface area (TPSA) is 19.4 Å². The molecular weight excluding hydrogens is 1810 g/mol. The molecule has 0 N–H and O–H groups in total. The zero-order valence-electron chi connectivity index (χ0n) is 108. The summed E-state index contributed by atoms with van der Waals surface area (Å²) in [5.41, 5.74) is 28.8. The summed E-state index contributed by atoms with van der Waals surface area (Å²) in [4.78, 5) is 0. The molecule has 0 amide bonds. The average Bonchev–Trinajstić information content (AvgIpc) is 1.47. The zero-order chi connectivity index (χ0) is 119. The highest BCUT2D eigenvalue weighted by Crippen LogP contribution is 2.53. The molecular formula is C133H136N5Si5+5. The van der Waals surface area contributed by atoms with Gasteiger partial charge in [-0.2, -0.15) is 0 Å². The minimum absolute atomic E-state index is 0.0738. The second-order valence-electron chi connectivity index (χ2n) is 41.3. The zero-order valence-corrected chi connectivity index (χ0v) is 88.6. The van der Waals surface area contributed by atoms with Gasteiger partial charge in [0.2, 0.25) is 28.5 Å². The Morgan fingerprint density at radius 1 is 0.280 bits per heavy atom. The highest BCUT2D eigenvalue weighted by molar-refractivity contribution is 7.17. The predicted octanol–water partition coefficient (Wildman–Crippen LogP) is 20.6. The van der Waals surface area contributed by atoms with Crippen molar-refractivity contribution in [1.29, 1.82) is 0 Å². The minimum Gasteiger partial charge on any atom is -0.201 e.